The van der Waals surface area contributed by atoms with Crippen molar-refractivity contribution in [3.8, 4) is 5.75 Å². The fourth-order valence-corrected chi connectivity index (χ4v) is 5.95. The molecule has 2 heterocycles. The topological polar surface area (TPSA) is 140 Å². The number of methoxy groups -OCH3 is 1. The fraction of sp³-hybridized carbons (Fsp3) is 0.394. The van der Waals surface area contributed by atoms with Crippen LogP contribution in [0.1, 0.15) is 29.3 Å². The maximum absolute atomic E-state index is 13.9. The third-order valence-electron chi connectivity index (χ3n) is 7.79. The lowest BCUT2D eigenvalue weighted by Gasteiger charge is -2.40. The molecule has 0 spiro atoms. The number of thiophene rings is 1. The van der Waals surface area contributed by atoms with Crippen LogP contribution in [0, 0.1) is 10.1 Å². The van der Waals surface area contributed by atoms with Gasteiger partial charge in [-0.05, 0) is 60.9 Å². The van der Waals surface area contributed by atoms with E-state index < -0.39 is 22.8 Å². The average Bonchev–Trinajstić information content (AvgIpc) is 3.58. The van der Waals surface area contributed by atoms with Gasteiger partial charge in [-0.1, -0.05) is 30.3 Å². The molecule has 244 valence electrons. The number of hydrogen-bond donors (Lipinski definition) is 0. The first-order valence-electron chi connectivity index (χ1n) is 15.1. The first kappa shape index (κ1) is 34.1. The Bertz CT molecular complexity index is 1490. The van der Waals surface area contributed by atoms with E-state index in [1.165, 1.54) is 26.8 Å². The van der Waals surface area contributed by atoms with Crippen LogP contribution in [0.25, 0.3) is 0 Å². The van der Waals surface area contributed by atoms with Gasteiger partial charge in [-0.3, -0.25) is 29.3 Å². The molecule has 0 bridgehead atoms. The molecule has 1 aliphatic rings. The molecular weight excluding hydrogens is 612 g/mol. The van der Waals surface area contributed by atoms with E-state index in [1.807, 2.05) is 41.8 Å². The van der Waals surface area contributed by atoms with Crippen molar-refractivity contribution >= 4 is 40.7 Å². The number of benzene rings is 2. The minimum atomic E-state index is -1.03. The molecule has 1 atom stereocenters. The van der Waals surface area contributed by atoms with Crippen LogP contribution in [0.4, 0.5) is 5.69 Å². The van der Waals surface area contributed by atoms with Gasteiger partial charge in [-0.2, -0.15) is 0 Å². The van der Waals surface area contributed by atoms with Crippen molar-refractivity contribution in [2.24, 2.45) is 0 Å². The Morgan fingerprint density at radius 2 is 1.70 bits per heavy atom. The van der Waals surface area contributed by atoms with E-state index in [-0.39, 0.29) is 56.7 Å². The number of nitro groups is 1. The highest BCUT2D eigenvalue weighted by Gasteiger charge is 2.41. The fourth-order valence-electron chi connectivity index (χ4n) is 5.26. The van der Waals surface area contributed by atoms with Crippen molar-refractivity contribution in [1.82, 2.24) is 14.7 Å². The van der Waals surface area contributed by atoms with E-state index >= 15 is 0 Å². The normalized spacial score (nSPS) is 14.7. The van der Waals surface area contributed by atoms with Gasteiger partial charge in [0.25, 0.3) is 5.69 Å². The van der Waals surface area contributed by atoms with Gasteiger partial charge in [0.1, 0.15) is 18.3 Å². The third kappa shape index (κ3) is 9.36. The molecule has 1 fully saturated rings. The van der Waals surface area contributed by atoms with Gasteiger partial charge in [0.2, 0.25) is 17.7 Å². The summed E-state index contributed by atoms with van der Waals surface area (Å²) in [5.74, 6) is -0.917. The van der Waals surface area contributed by atoms with E-state index in [9.17, 15) is 29.3 Å². The zero-order chi connectivity index (χ0) is 33.1. The third-order valence-corrected chi connectivity index (χ3v) is 8.73. The Hall–Kier alpha value is -4.78. The van der Waals surface area contributed by atoms with Crippen molar-refractivity contribution in [3.63, 3.8) is 0 Å². The second-order valence-corrected chi connectivity index (χ2v) is 11.8. The lowest BCUT2D eigenvalue weighted by molar-refractivity contribution is -0.384. The number of non-ortho nitro benzene ring substituents is 1. The molecule has 12 nitrogen and oxygen atoms in total. The van der Waals surface area contributed by atoms with Gasteiger partial charge in [0.05, 0.1) is 31.6 Å². The molecule has 1 aromatic heterocycles. The molecule has 4 rings (SSSR count). The molecule has 0 radical (unpaired) electrons. The highest BCUT2D eigenvalue weighted by atomic mass is 32.1. The van der Waals surface area contributed by atoms with Crippen LogP contribution in [0.15, 0.2) is 66.0 Å². The van der Waals surface area contributed by atoms with E-state index in [2.05, 4.69) is 0 Å². The Morgan fingerprint density at radius 1 is 1.00 bits per heavy atom. The first-order valence-corrected chi connectivity index (χ1v) is 16.0. The number of carbonyl (C=O) groups excluding carboxylic acids is 4. The van der Waals surface area contributed by atoms with Gasteiger partial charge in [-0.25, -0.2) is 0 Å². The van der Waals surface area contributed by atoms with Crippen LogP contribution in [0.5, 0.6) is 5.75 Å². The molecule has 2 aromatic carbocycles. The highest BCUT2D eigenvalue weighted by Crippen LogP contribution is 2.21. The number of nitrogens with zero attached hydrogens (tertiary/aromatic N) is 4. The van der Waals surface area contributed by atoms with E-state index in [0.29, 0.717) is 31.6 Å². The van der Waals surface area contributed by atoms with E-state index in [4.69, 9.17) is 9.47 Å². The molecule has 46 heavy (non-hydrogen) atoms. The lowest BCUT2D eigenvalue weighted by Crippen LogP contribution is -2.61. The van der Waals surface area contributed by atoms with Gasteiger partial charge < -0.3 is 24.2 Å². The Morgan fingerprint density at radius 3 is 2.33 bits per heavy atom. The second-order valence-electron chi connectivity index (χ2n) is 10.8. The lowest BCUT2D eigenvalue weighted by atomic mass is 10.0. The molecule has 3 amide bonds. The Kier molecular flexibility index (Phi) is 12.2. The number of esters is 1. The van der Waals surface area contributed by atoms with Crippen molar-refractivity contribution in [2.45, 2.75) is 38.6 Å². The minimum absolute atomic E-state index is 0.0529. The predicted molar refractivity (Wildman–Crippen MR) is 171 cm³/mol. The van der Waals surface area contributed by atoms with Crippen molar-refractivity contribution < 1.29 is 33.6 Å². The number of rotatable bonds is 16. The van der Waals surface area contributed by atoms with Gasteiger partial charge in [0, 0.05) is 36.6 Å². The smallest absolute Gasteiger partial charge is 0.325 e. The molecular formula is C33H38N4O8S. The van der Waals surface area contributed by atoms with Crippen LogP contribution >= 0.6 is 11.3 Å². The standard InChI is InChI=1S/C33H38N4O8S/c1-3-45-32(40)23-34(17-14-24-6-10-26(11-7-24)37(42)43)30(38)21-29-33(41)35(18-15-25-8-12-27(44-2)13-9-25)22-31(39)36(29)19-16-28-5-4-20-46-28/h4-13,20,29H,3,14-19,21-23H2,1-2H3. The second kappa shape index (κ2) is 16.5. The van der Waals surface area contributed by atoms with Crippen LogP contribution in [-0.2, 0) is 43.2 Å². The SMILES string of the molecule is CCOC(=O)CN(CCc1ccc([N+](=O)[O-])cc1)C(=O)CC1C(=O)N(CCc2ccc(OC)cc2)CC(=O)N1CCc1cccs1. The molecule has 0 saturated carbocycles. The monoisotopic (exact) mass is 650 g/mol. The summed E-state index contributed by atoms with van der Waals surface area (Å²) >= 11 is 1.55. The number of amides is 3. The number of nitro benzene ring substituents is 1. The Labute approximate surface area is 271 Å². The summed E-state index contributed by atoms with van der Waals surface area (Å²) in [5, 5.41) is 13.0. The predicted octanol–water partition coefficient (Wildman–Crippen LogP) is 3.51. The van der Waals surface area contributed by atoms with Crippen molar-refractivity contribution in [1.29, 1.82) is 0 Å². The Balaban J connectivity index is 1.51. The van der Waals surface area contributed by atoms with Crippen LogP contribution in [-0.4, -0.2) is 95.8 Å². The summed E-state index contributed by atoms with van der Waals surface area (Å²) in [6.45, 7) is 2.07. The first-order chi connectivity index (χ1) is 22.2. The average molecular weight is 651 g/mol. The van der Waals surface area contributed by atoms with Gasteiger partial charge in [0.15, 0.2) is 0 Å². The van der Waals surface area contributed by atoms with Crippen molar-refractivity contribution in [3.05, 3.63) is 92.2 Å². The molecule has 0 N–H and O–H groups in total. The number of ether oxygens (including phenoxy) is 2. The minimum Gasteiger partial charge on any atom is -0.497 e. The summed E-state index contributed by atoms with van der Waals surface area (Å²) in [4.78, 5) is 69.6. The quantitative estimate of drug-likeness (QED) is 0.130. The summed E-state index contributed by atoms with van der Waals surface area (Å²) in [7, 11) is 1.59. The number of carbonyl (C=O) groups is 4. The summed E-state index contributed by atoms with van der Waals surface area (Å²) in [6, 6.07) is 16.3. The van der Waals surface area contributed by atoms with E-state index in [0.717, 1.165) is 16.0 Å². The zero-order valence-corrected chi connectivity index (χ0v) is 26.8. The van der Waals surface area contributed by atoms with E-state index in [1.54, 1.807) is 37.5 Å². The highest BCUT2D eigenvalue weighted by molar-refractivity contribution is 7.09. The molecule has 0 aliphatic carbocycles. The molecule has 1 aliphatic heterocycles. The molecule has 13 heteroatoms. The molecule has 1 saturated heterocycles. The maximum atomic E-state index is 13.9. The van der Waals surface area contributed by atoms with Crippen molar-refractivity contribution in [2.75, 3.05) is 46.4 Å². The van der Waals surface area contributed by atoms with Gasteiger partial charge in [-0.15, -0.1) is 11.3 Å². The summed E-state index contributed by atoms with van der Waals surface area (Å²) in [5.41, 5.74) is 1.65. The summed E-state index contributed by atoms with van der Waals surface area (Å²) < 4.78 is 10.3. The zero-order valence-electron chi connectivity index (χ0n) is 26.0. The number of hydrogen-bond acceptors (Lipinski definition) is 9. The van der Waals surface area contributed by atoms with Crippen LogP contribution in [0.2, 0.25) is 0 Å². The van der Waals surface area contributed by atoms with Crippen LogP contribution in [0.3, 0.4) is 0 Å². The maximum Gasteiger partial charge on any atom is 0.325 e. The van der Waals surface area contributed by atoms with Gasteiger partial charge >= 0.3 is 5.97 Å². The largest absolute Gasteiger partial charge is 0.497 e. The molecule has 3 aromatic rings. The molecule has 1 unspecified atom stereocenters. The van der Waals surface area contributed by atoms with Crippen LogP contribution < -0.4 is 4.74 Å². The summed E-state index contributed by atoms with van der Waals surface area (Å²) in [6.07, 6.45) is 1.08. The number of piperazine rings is 1.